The third-order valence-corrected chi connectivity index (χ3v) is 11.7. The van der Waals surface area contributed by atoms with Crippen molar-refractivity contribution in [3.63, 3.8) is 0 Å². The molecule has 6 aromatic rings. The average molecular weight is 467 g/mol. The summed E-state index contributed by atoms with van der Waals surface area (Å²) < 4.78 is 4.13. The Morgan fingerprint density at radius 2 is 1.29 bits per heavy atom. The van der Waals surface area contributed by atoms with Crippen LogP contribution in [-0.2, 0) is 0 Å². The van der Waals surface area contributed by atoms with Crippen LogP contribution >= 0.6 is 0 Å². The second kappa shape index (κ2) is 7.79. The van der Waals surface area contributed by atoms with E-state index in [1.54, 1.807) is 0 Å². The fourth-order valence-corrected chi connectivity index (χ4v) is 10.4. The largest absolute Gasteiger partial charge is 0.309 e. The summed E-state index contributed by atoms with van der Waals surface area (Å²) in [5, 5.41) is 10.5. The number of aromatic nitrogens is 4. The van der Waals surface area contributed by atoms with Gasteiger partial charge in [-0.05, 0) is 63.1 Å². The van der Waals surface area contributed by atoms with Crippen molar-refractivity contribution in [3.8, 4) is 22.6 Å². The van der Waals surface area contributed by atoms with Crippen LogP contribution in [0.25, 0.3) is 22.6 Å². The van der Waals surface area contributed by atoms with E-state index in [0.717, 1.165) is 16.8 Å². The molecule has 0 aliphatic carbocycles. The van der Waals surface area contributed by atoms with E-state index in [0.29, 0.717) is 0 Å². The van der Waals surface area contributed by atoms with Crippen molar-refractivity contribution >= 4 is 29.0 Å². The molecule has 0 fully saturated rings. The van der Waals surface area contributed by atoms with E-state index in [1.165, 1.54) is 26.7 Å². The van der Waals surface area contributed by atoms with E-state index < -0.39 is 8.07 Å². The van der Waals surface area contributed by atoms with Gasteiger partial charge in [0, 0.05) is 24.8 Å². The van der Waals surface area contributed by atoms with Gasteiger partial charge in [0.25, 0.3) is 0 Å². The van der Waals surface area contributed by atoms with Gasteiger partial charge >= 0.3 is 0 Å². The number of pyridine rings is 1. The minimum Gasteiger partial charge on any atom is -0.309 e. The van der Waals surface area contributed by atoms with Crippen molar-refractivity contribution in [2.75, 3.05) is 0 Å². The lowest BCUT2D eigenvalue weighted by molar-refractivity contribution is 0.891. The van der Waals surface area contributed by atoms with E-state index >= 15 is 0 Å². The molecule has 3 aromatic carbocycles. The summed E-state index contributed by atoms with van der Waals surface area (Å²) in [4.78, 5) is 4.58. The first-order chi connectivity index (χ1) is 17.4. The molecule has 0 unspecified atom stereocenters. The van der Waals surface area contributed by atoms with Gasteiger partial charge in [-0.15, -0.1) is 0 Å². The van der Waals surface area contributed by atoms with E-state index in [9.17, 15) is 0 Å². The van der Waals surface area contributed by atoms with E-state index in [-0.39, 0.29) is 0 Å². The van der Waals surface area contributed by atoms with Crippen LogP contribution in [0.15, 0.2) is 134 Å². The van der Waals surface area contributed by atoms with Gasteiger partial charge in [-0.2, -0.15) is 5.10 Å². The van der Waals surface area contributed by atoms with Gasteiger partial charge in [-0.1, -0.05) is 72.8 Å². The van der Waals surface area contributed by atoms with Crippen molar-refractivity contribution in [3.05, 3.63) is 134 Å². The van der Waals surface area contributed by atoms with Gasteiger partial charge in [0.15, 0.2) is 0 Å². The summed E-state index contributed by atoms with van der Waals surface area (Å²) in [6.45, 7) is 0. The first kappa shape index (κ1) is 19.9. The SMILES string of the molecule is c1ccc(-n2ccc([Si]3(c4ccn(-c5ccccn5)c4)c4ccccc4-c4ccccc43)n2)cc1. The normalized spacial score (nSPS) is 13.4. The Hall–Kier alpha value is -4.48. The maximum absolute atomic E-state index is 5.24. The quantitative estimate of drug-likeness (QED) is 0.373. The third-order valence-electron chi connectivity index (χ3n) is 6.99. The van der Waals surface area contributed by atoms with Gasteiger partial charge in [-0.3, -0.25) is 0 Å². The molecule has 4 heterocycles. The summed E-state index contributed by atoms with van der Waals surface area (Å²) in [5.41, 5.74) is 3.69. The molecule has 166 valence electrons. The topological polar surface area (TPSA) is 35.6 Å². The molecule has 7 rings (SSSR count). The highest BCUT2D eigenvalue weighted by Crippen LogP contribution is 2.28. The highest BCUT2D eigenvalue weighted by atomic mass is 28.3. The highest BCUT2D eigenvalue weighted by Gasteiger charge is 2.50. The zero-order valence-electron chi connectivity index (χ0n) is 19.0. The molecular weight excluding hydrogens is 444 g/mol. The van der Waals surface area contributed by atoms with Crippen LogP contribution in [0.2, 0.25) is 0 Å². The summed E-state index contributed by atoms with van der Waals surface area (Å²) in [7, 11) is -2.63. The van der Waals surface area contributed by atoms with Crippen LogP contribution in [0, 0.1) is 0 Å². The molecular formula is C30H22N4Si. The van der Waals surface area contributed by atoms with Crippen LogP contribution in [0.1, 0.15) is 0 Å². The first-order valence-electron chi connectivity index (χ1n) is 11.8. The monoisotopic (exact) mass is 466 g/mol. The fraction of sp³-hybridized carbons (Fsp3) is 0. The lowest BCUT2D eigenvalue weighted by atomic mass is 10.1. The summed E-state index contributed by atoms with van der Waals surface area (Å²) >= 11 is 0. The zero-order valence-corrected chi connectivity index (χ0v) is 20.0. The predicted octanol–water partition coefficient (Wildman–Crippen LogP) is 3.42. The molecule has 0 amide bonds. The first-order valence-corrected chi connectivity index (χ1v) is 13.8. The Labute approximate surface area is 204 Å². The molecule has 0 N–H and O–H groups in total. The lowest BCUT2D eigenvalue weighted by Crippen LogP contribution is -2.73. The molecule has 35 heavy (non-hydrogen) atoms. The van der Waals surface area contributed by atoms with Gasteiger partial charge in [0.2, 0.25) is 8.07 Å². The van der Waals surface area contributed by atoms with Gasteiger partial charge in [0.05, 0.1) is 11.0 Å². The molecule has 4 nitrogen and oxygen atoms in total. The smallest absolute Gasteiger partial charge is 0.207 e. The Bertz CT molecular complexity index is 1530. The van der Waals surface area contributed by atoms with Crippen molar-refractivity contribution in [1.29, 1.82) is 0 Å². The molecule has 1 aliphatic rings. The van der Waals surface area contributed by atoms with Crippen molar-refractivity contribution in [2.24, 2.45) is 0 Å². The highest BCUT2D eigenvalue weighted by molar-refractivity contribution is 7.21. The van der Waals surface area contributed by atoms with Gasteiger partial charge in [-0.25, -0.2) is 9.67 Å². The molecule has 5 heteroatoms. The van der Waals surface area contributed by atoms with Crippen LogP contribution in [0.4, 0.5) is 0 Å². The molecule has 0 radical (unpaired) electrons. The summed E-state index contributed by atoms with van der Waals surface area (Å²) in [6, 6.07) is 38.6. The molecule has 0 atom stereocenters. The molecule has 0 saturated carbocycles. The van der Waals surface area contributed by atoms with Crippen LogP contribution < -0.4 is 20.9 Å². The van der Waals surface area contributed by atoms with Crippen molar-refractivity contribution < 1.29 is 0 Å². The number of benzene rings is 3. The van der Waals surface area contributed by atoms with Gasteiger partial charge < -0.3 is 4.57 Å². The Morgan fingerprint density at radius 3 is 2.00 bits per heavy atom. The number of nitrogens with zero attached hydrogens (tertiary/aromatic N) is 4. The van der Waals surface area contributed by atoms with Crippen molar-refractivity contribution in [2.45, 2.75) is 0 Å². The van der Waals surface area contributed by atoms with Crippen LogP contribution in [0.3, 0.4) is 0 Å². The number of fused-ring (bicyclic) bond motifs is 3. The number of para-hydroxylation sites is 1. The van der Waals surface area contributed by atoms with E-state index in [4.69, 9.17) is 5.10 Å². The minimum absolute atomic E-state index is 0.914. The molecule has 0 saturated heterocycles. The Balaban J connectivity index is 1.52. The minimum atomic E-state index is -2.63. The standard InChI is InChI=1S/C30H22N4Si/c1-2-10-23(11-3-1)34-21-18-30(32-34)35(24-17-20-33(22-24)29-16-8-9-19-31-29)27-14-6-4-12-25(27)26-13-5-7-15-28(26)35/h1-22H. The van der Waals surface area contributed by atoms with Crippen LogP contribution in [-0.4, -0.2) is 27.4 Å². The van der Waals surface area contributed by atoms with E-state index in [2.05, 4.69) is 113 Å². The molecule has 0 bridgehead atoms. The maximum Gasteiger partial charge on any atom is 0.207 e. The summed E-state index contributed by atoms with van der Waals surface area (Å²) in [6.07, 6.45) is 8.32. The predicted molar refractivity (Wildman–Crippen MR) is 143 cm³/mol. The third kappa shape index (κ3) is 2.92. The molecule has 0 spiro atoms. The Morgan fingerprint density at radius 1 is 0.600 bits per heavy atom. The fourth-order valence-electron chi connectivity index (χ4n) is 5.49. The van der Waals surface area contributed by atoms with Crippen molar-refractivity contribution in [1.82, 2.24) is 19.3 Å². The Kier molecular flexibility index (Phi) is 4.44. The average Bonchev–Trinajstić information content (AvgIpc) is 3.67. The second-order valence-corrected chi connectivity index (χ2v) is 12.5. The number of hydrogen-bond acceptors (Lipinski definition) is 2. The maximum atomic E-state index is 5.24. The zero-order chi connectivity index (χ0) is 23.2. The van der Waals surface area contributed by atoms with Gasteiger partial charge in [0.1, 0.15) is 5.82 Å². The number of rotatable bonds is 4. The van der Waals surface area contributed by atoms with Crippen LogP contribution in [0.5, 0.6) is 0 Å². The second-order valence-electron chi connectivity index (χ2n) is 8.82. The van der Waals surface area contributed by atoms with E-state index in [1.807, 2.05) is 35.1 Å². The summed E-state index contributed by atoms with van der Waals surface area (Å²) in [5.74, 6) is 0.914. The molecule has 1 aliphatic heterocycles. The lowest BCUT2D eigenvalue weighted by Gasteiger charge is -2.27. The molecule has 3 aromatic heterocycles. The number of hydrogen-bond donors (Lipinski definition) is 0.